The van der Waals surface area contributed by atoms with Gasteiger partial charge in [-0.1, -0.05) is 85.0 Å². The second kappa shape index (κ2) is 18.2. The zero-order valence-electron chi connectivity index (χ0n) is 30.4. The molecule has 0 bridgehead atoms. The Hall–Kier alpha value is -4.95. The summed E-state index contributed by atoms with van der Waals surface area (Å²) in [5.41, 5.74) is 8.93. The second-order valence-corrected chi connectivity index (χ2v) is 14.4. The molecule has 0 spiro atoms. The van der Waals surface area contributed by atoms with Crippen LogP contribution in [0.4, 0.5) is 4.39 Å². The van der Waals surface area contributed by atoms with E-state index in [1.165, 1.54) is 68.6 Å². The number of hydrogen-bond acceptors (Lipinski definition) is 0. The minimum Gasteiger partial charge on any atom is -0.206 e. The van der Waals surface area contributed by atoms with Gasteiger partial charge in [-0.05, 0) is 162 Å². The third-order valence-corrected chi connectivity index (χ3v) is 9.84. The smallest absolute Gasteiger partial charge is 0.139 e. The number of aryl methyl sites for hydroxylation is 3. The first-order valence-electron chi connectivity index (χ1n) is 18.3. The highest BCUT2D eigenvalue weighted by atomic mass is 19.1. The first-order chi connectivity index (χ1) is 24.2. The zero-order valence-corrected chi connectivity index (χ0v) is 30.4. The van der Waals surface area contributed by atoms with Gasteiger partial charge in [-0.3, -0.25) is 0 Å². The van der Waals surface area contributed by atoms with E-state index in [9.17, 15) is 4.39 Å². The average molecular weight is 657 g/mol. The van der Waals surface area contributed by atoms with E-state index in [-0.39, 0.29) is 5.82 Å². The van der Waals surface area contributed by atoms with Crippen molar-refractivity contribution < 1.29 is 4.39 Å². The van der Waals surface area contributed by atoms with E-state index in [4.69, 9.17) is 0 Å². The fourth-order valence-corrected chi connectivity index (χ4v) is 6.34. The minimum absolute atomic E-state index is 0.267. The molecule has 4 aromatic rings. The van der Waals surface area contributed by atoms with Crippen LogP contribution in [-0.2, 0) is 0 Å². The van der Waals surface area contributed by atoms with Crippen LogP contribution in [0.15, 0.2) is 84.9 Å². The van der Waals surface area contributed by atoms with Crippen LogP contribution in [0.1, 0.15) is 115 Å². The molecule has 252 valence electrons. The summed E-state index contributed by atoms with van der Waals surface area (Å²) >= 11 is 0. The molecule has 0 aliphatic heterocycles. The van der Waals surface area contributed by atoms with Gasteiger partial charge in [0.15, 0.2) is 0 Å². The van der Waals surface area contributed by atoms with Crippen molar-refractivity contribution in [3.8, 4) is 47.4 Å². The summed E-state index contributed by atoms with van der Waals surface area (Å²) in [5, 5.41) is 0. The van der Waals surface area contributed by atoms with Crippen molar-refractivity contribution in [2.45, 2.75) is 86.0 Å². The molecule has 0 aromatic heterocycles. The third-order valence-electron chi connectivity index (χ3n) is 9.84. The molecule has 0 atom stereocenters. The summed E-state index contributed by atoms with van der Waals surface area (Å²) in [4.78, 5) is 0. The van der Waals surface area contributed by atoms with Gasteiger partial charge in [-0.25, -0.2) is 4.39 Å². The van der Waals surface area contributed by atoms with Gasteiger partial charge < -0.3 is 0 Å². The lowest BCUT2D eigenvalue weighted by Gasteiger charge is -2.21. The predicted octanol–water partition coefficient (Wildman–Crippen LogP) is 11.6. The maximum absolute atomic E-state index is 13.8. The molecular weight excluding hydrogens is 608 g/mol. The van der Waals surface area contributed by atoms with Crippen molar-refractivity contribution in [3.05, 3.63) is 141 Å². The van der Waals surface area contributed by atoms with Gasteiger partial charge in [0.05, 0.1) is 5.56 Å². The Balaban J connectivity index is 0.000000194. The Bertz CT molecular complexity index is 1980. The van der Waals surface area contributed by atoms with Gasteiger partial charge >= 0.3 is 0 Å². The van der Waals surface area contributed by atoms with E-state index in [0.717, 1.165) is 45.2 Å². The fraction of sp³-hybridized carbons (Fsp3) is 0.347. The molecule has 2 aliphatic carbocycles. The second-order valence-electron chi connectivity index (χ2n) is 14.4. The van der Waals surface area contributed by atoms with Crippen molar-refractivity contribution in [2.75, 3.05) is 0 Å². The summed E-state index contributed by atoms with van der Waals surface area (Å²) in [6.07, 6.45) is 10.2. The molecule has 0 saturated heterocycles. The van der Waals surface area contributed by atoms with Gasteiger partial charge in [-0.15, -0.1) is 0 Å². The summed E-state index contributed by atoms with van der Waals surface area (Å²) < 4.78 is 13.8. The summed E-state index contributed by atoms with van der Waals surface area (Å²) in [6, 6.07) is 27.7. The fourth-order valence-electron chi connectivity index (χ4n) is 6.34. The Morgan fingerprint density at radius 2 is 0.860 bits per heavy atom. The molecule has 0 unspecified atom stereocenters. The largest absolute Gasteiger partial charge is 0.206 e. The number of rotatable bonds is 0. The molecule has 2 aliphatic rings. The van der Waals surface area contributed by atoms with E-state index in [1.807, 2.05) is 37.3 Å². The van der Waals surface area contributed by atoms with Gasteiger partial charge in [-0.2, -0.15) is 0 Å². The number of benzene rings is 4. The van der Waals surface area contributed by atoms with Crippen molar-refractivity contribution in [2.24, 2.45) is 23.7 Å². The lowest BCUT2D eigenvalue weighted by Crippen LogP contribution is -2.10. The molecule has 2 fully saturated rings. The van der Waals surface area contributed by atoms with Gasteiger partial charge in [0.2, 0.25) is 0 Å². The van der Waals surface area contributed by atoms with Gasteiger partial charge in [0.25, 0.3) is 0 Å². The number of hydrogen-bond donors (Lipinski definition) is 0. The molecule has 0 radical (unpaired) electrons. The Morgan fingerprint density at radius 1 is 0.440 bits per heavy atom. The highest BCUT2D eigenvalue weighted by molar-refractivity contribution is 5.50. The standard InChI is InChI=1S/C25H26.C24H23F/c1-19-4-8-22(9-5-19)12-13-24-15-17-25(21(3)18-24)16-14-23-10-6-20(2)7-11-23;1-18-3-6-20(7-4-18)8-9-21-10-12-22(13-11-21)14-16-23-15-5-19(2)17-24(23)25/h6-7,10-11,15,17-19,22H,4-5,8-9H2,1-3H3;5,10-13,15,17-18,20H,3-4,6-7H2,1-2H3. The van der Waals surface area contributed by atoms with E-state index < -0.39 is 0 Å². The first-order valence-corrected chi connectivity index (χ1v) is 18.3. The first kappa shape index (κ1) is 36.3. The zero-order chi connectivity index (χ0) is 35.3. The Morgan fingerprint density at radius 3 is 1.38 bits per heavy atom. The van der Waals surface area contributed by atoms with E-state index in [2.05, 4.69) is 118 Å². The Kier molecular flexibility index (Phi) is 13.2. The van der Waals surface area contributed by atoms with Crippen molar-refractivity contribution >= 4 is 0 Å². The molecule has 6 rings (SSSR count). The minimum atomic E-state index is -0.267. The summed E-state index contributed by atoms with van der Waals surface area (Å²) in [7, 11) is 0. The van der Waals surface area contributed by atoms with Crippen molar-refractivity contribution in [1.82, 2.24) is 0 Å². The maximum atomic E-state index is 13.8. The van der Waals surface area contributed by atoms with Gasteiger partial charge in [0.1, 0.15) is 5.82 Å². The van der Waals surface area contributed by atoms with Gasteiger partial charge in [0, 0.05) is 39.7 Å². The van der Waals surface area contributed by atoms with E-state index in [1.54, 1.807) is 6.07 Å². The monoisotopic (exact) mass is 656 g/mol. The molecule has 0 nitrogen and oxygen atoms in total. The quantitative estimate of drug-likeness (QED) is 0.165. The summed E-state index contributed by atoms with van der Waals surface area (Å²) in [6.45, 7) is 10.8. The van der Waals surface area contributed by atoms with Crippen LogP contribution >= 0.6 is 0 Å². The maximum Gasteiger partial charge on any atom is 0.139 e. The summed E-state index contributed by atoms with van der Waals surface area (Å²) in [5.74, 6) is 28.6. The normalized spacial score (nSPS) is 19.3. The highest BCUT2D eigenvalue weighted by Gasteiger charge is 2.16. The van der Waals surface area contributed by atoms with Crippen molar-refractivity contribution in [1.29, 1.82) is 0 Å². The van der Waals surface area contributed by atoms with Crippen LogP contribution in [0.5, 0.6) is 0 Å². The molecule has 0 amide bonds. The number of halogens is 1. The van der Waals surface area contributed by atoms with Crippen molar-refractivity contribution in [3.63, 3.8) is 0 Å². The lowest BCUT2D eigenvalue weighted by atomic mass is 9.83. The molecule has 2 saturated carbocycles. The van der Waals surface area contributed by atoms with E-state index >= 15 is 0 Å². The molecule has 0 N–H and O–H groups in total. The molecular formula is C49H49F. The van der Waals surface area contributed by atoms with Crippen LogP contribution in [0.3, 0.4) is 0 Å². The van der Waals surface area contributed by atoms with Crippen LogP contribution in [0.25, 0.3) is 0 Å². The lowest BCUT2D eigenvalue weighted by molar-refractivity contribution is 0.337. The van der Waals surface area contributed by atoms with Crippen LogP contribution in [0.2, 0.25) is 0 Å². The SMILES string of the molecule is Cc1ccc(C#Cc2ccc(C#CC3CCC(C)CC3)cc2)c(F)c1.Cc1ccc(C#Cc2ccc(C#CC3CCC(C)CC3)cc2C)cc1. The third kappa shape index (κ3) is 11.6. The van der Waals surface area contributed by atoms with Crippen LogP contribution < -0.4 is 0 Å². The average Bonchev–Trinajstić information content (AvgIpc) is 3.12. The molecule has 4 aromatic carbocycles. The topological polar surface area (TPSA) is 0 Å². The van der Waals surface area contributed by atoms with E-state index in [0.29, 0.717) is 17.4 Å². The van der Waals surface area contributed by atoms with Crippen LogP contribution in [-0.4, -0.2) is 0 Å². The molecule has 0 heterocycles. The molecule has 50 heavy (non-hydrogen) atoms. The van der Waals surface area contributed by atoms with Crippen LogP contribution in [0, 0.1) is 97.6 Å². The Labute approximate surface area is 301 Å². The predicted molar refractivity (Wildman–Crippen MR) is 208 cm³/mol. The molecule has 1 heteroatoms. The highest BCUT2D eigenvalue weighted by Crippen LogP contribution is 2.28.